The van der Waals surface area contributed by atoms with Gasteiger partial charge in [0.05, 0.1) is 0 Å². The molecule has 0 aromatic heterocycles. The number of rotatable bonds is 15. The van der Waals surface area contributed by atoms with Crippen molar-refractivity contribution >= 4 is 0 Å². The zero-order chi connectivity index (χ0) is 14.9. The summed E-state index contributed by atoms with van der Waals surface area (Å²) in [5.41, 5.74) is 0. The maximum atomic E-state index is 2.42. The molecule has 0 amide bonds. The normalized spacial score (nSPS) is 13.2. The number of unbranched alkanes of at least 4 members (excludes halogenated alkanes) is 11. The third-order valence-electron chi connectivity index (χ3n) is 4.18. The van der Waals surface area contributed by atoms with Gasteiger partial charge in [-0.2, -0.15) is 0 Å². The summed E-state index contributed by atoms with van der Waals surface area (Å²) < 4.78 is 0. The van der Waals surface area contributed by atoms with Crippen LogP contribution >= 0.6 is 0 Å². The summed E-state index contributed by atoms with van der Waals surface area (Å²) in [5.74, 6) is 0.792. The molecule has 1 unspecified atom stereocenters. The van der Waals surface area contributed by atoms with Crippen molar-refractivity contribution in [3.8, 4) is 0 Å². The molecule has 0 aromatic carbocycles. The Hall–Kier alpha value is -0.260. The number of hydrogen-bond acceptors (Lipinski definition) is 0. The van der Waals surface area contributed by atoms with Crippen LogP contribution in [-0.2, 0) is 0 Å². The number of hydrogen-bond donors (Lipinski definition) is 0. The standard InChI is InChI=1S/C20H40/c1-4-6-8-9-10-11-12-13-14-15-17-19-20(3)18-16-7-5-2/h16,18,20H,4-15,17,19H2,1-3H3/b18-16+. The summed E-state index contributed by atoms with van der Waals surface area (Å²) >= 11 is 0. The Kier molecular flexibility index (Phi) is 16.6. The van der Waals surface area contributed by atoms with Gasteiger partial charge < -0.3 is 0 Å². The second-order valence-corrected chi connectivity index (χ2v) is 6.52. The van der Waals surface area contributed by atoms with Crippen LogP contribution in [0.3, 0.4) is 0 Å². The molecule has 0 aliphatic heterocycles. The molecule has 0 saturated carbocycles. The second-order valence-electron chi connectivity index (χ2n) is 6.52. The van der Waals surface area contributed by atoms with Gasteiger partial charge in [-0.05, 0) is 18.8 Å². The predicted octanol–water partition coefficient (Wildman–Crippen LogP) is 7.68. The fraction of sp³-hybridized carbons (Fsp3) is 0.900. The molecule has 0 fully saturated rings. The van der Waals surface area contributed by atoms with Crippen molar-refractivity contribution < 1.29 is 0 Å². The van der Waals surface area contributed by atoms with Crippen molar-refractivity contribution in [3.05, 3.63) is 12.2 Å². The van der Waals surface area contributed by atoms with Crippen molar-refractivity contribution in [2.45, 2.75) is 111 Å². The Balaban J connectivity index is 3.12. The summed E-state index contributed by atoms with van der Waals surface area (Å²) in [4.78, 5) is 0. The van der Waals surface area contributed by atoms with Crippen LogP contribution in [-0.4, -0.2) is 0 Å². The Morgan fingerprint density at radius 2 is 1.15 bits per heavy atom. The third-order valence-corrected chi connectivity index (χ3v) is 4.18. The lowest BCUT2D eigenvalue weighted by Crippen LogP contribution is -1.90. The van der Waals surface area contributed by atoms with Gasteiger partial charge in [0.2, 0.25) is 0 Å². The van der Waals surface area contributed by atoms with Crippen LogP contribution in [0, 0.1) is 5.92 Å². The summed E-state index contributed by atoms with van der Waals surface area (Å²) in [6.45, 7) is 6.90. The van der Waals surface area contributed by atoms with Crippen LogP contribution in [0.5, 0.6) is 0 Å². The van der Waals surface area contributed by atoms with Gasteiger partial charge in [-0.15, -0.1) is 0 Å². The van der Waals surface area contributed by atoms with Crippen LogP contribution in [0.1, 0.15) is 111 Å². The molecule has 120 valence electrons. The van der Waals surface area contributed by atoms with Gasteiger partial charge in [-0.1, -0.05) is 110 Å². The van der Waals surface area contributed by atoms with Crippen LogP contribution in [0.2, 0.25) is 0 Å². The van der Waals surface area contributed by atoms with Gasteiger partial charge in [0.1, 0.15) is 0 Å². The second kappa shape index (κ2) is 16.8. The van der Waals surface area contributed by atoms with Crippen molar-refractivity contribution in [3.63, 3.8) is 0 Å². The quantitative estimate of drug-likeness (QED) is 0.213. The largest absolute Gasteiger partial charge is 0.0883 e. The Morgan fingerprint density at radius 1 is 0.650 bits per heavy atom. The fourth-order valence-electron chi connectivity index (χ4n) is 2.72. The Bertz CT molecular complexity index is 192. The molecular formula is C20H40. The maximum absolute atomic E-state index is 2.42. The first-order valence-corrected chi connectivity index (χ1v) is 9.47. The zero-order valence-corrected chi connectivity index (χ0v) is 14.6. The Morgan fingerprint density at radius 3 is 1.65 bits per heavy atom. The third kappa shape index (κ3) is 15.8. The maximum Gasteiger partial charge on any atom is -0.0262 e. The summed E-state index contributed by atoms with van der Waals surface area (Å²) in [7, 11) is 0. The van der Waals surface area contributed by atoms with Gasteiger partial charge in [-0.3, -0.25) is 0 Å². The lowest BCUT2D eigenvalue weighted by Gasteiger charge is -2.06. The molecule has 20 heavy (non-hydrogen) atoms. The molecular weight excluding hydrogens is 240 g/mol. The van der Waals surface area contributed by atoms with Crippen LogP contribution in [0.25, 0.3) is 0 Å². The first-order valence-electron chi connectivity index (χ1n) is 9.47. The van der Waals surface area contributed by atoms with Gasteiger partial charge in [0.15, 0.2) is 0 Å². The van der Waals surface area contributed by atoms with Crippen molar-refractivity contribution in [2.24, 2.45) is 5.92 Å². The van der Waals surface area contributed by atoms with Crippen LogP contribution in [0.4, 0.5) is 0 Å². The molecule has 0 nitrogen and oxygen atoms in total. The monoisotopic (exact) mass is 280 g/mol. The fourth-order valence-corrected chi connectivity index (χ4v) is 2.72. The molecule has 0 N–H and O–H groups in total. The molecule has 0 spiro atoms. The molecule has 0 aromatic rings. The highest BCUT2D eigenvalue weighted by Gasteiger charge is 1.97. The Labute approximate surface area is 129 Å². The molecule has 0 aliphatic carbocycles. The van der Waals surface area contributed by atoms with Crippen LogP contribution in [0.15, 0.2) is 12.2 Å². The first kappa shape index (κ1) is 19.7. The van der Waals surface area contributed by atoms with E-state index in [9.17, 15) is 0 Å². The molecule has 0 aliphatic rings. The van der Waals surface area contributed by atoms with Gasteiger partial charge >= 0.3 is 0 Å². The average molecular weight is 281 g/mol. The summed E-state index contributed by atoms with van der Waals surface area (Å²) in [5, 5.41) is 0. The molecule has 0 heteroatoms. The van der Waals surface area contributed by atoms with Gasteiger partial charge in [0.25, 0.3) is 0 Å². The van der Waals surface area contributed by atoms with E-state index in [-0.39, 0.29) is 0 Å². The van der Waals surface area contributed by atoms with Gasteiger partial charge in [-0.25, -0.2) is 0 Å². The van der Waals surface area contributed by atoms with Crippen molar-refractivity contribution in [2.75, 3.05) is 0 Å². The van der Waals surface area contributed by atoms with E-state index >= 15 is 0 Å². The van der Waals surface area contributed by atoms with E-state index in [0.29, 0.717) is 0 Å². The van der Waals surface area contributed by atoms with E-state index in [2.05, 4.69) is 32.9 Å². The van der Waals surface area contributed by atoms with Crippen LogP contribution < -0.4 is 0 Å². The van der Waals surface area contributed by atoms with E-state index < -0.39 is 0 Å². The summed E-state index contributed by atoms with van der Waals surface area (Å²) in [6, 6.07) is 0. The topological polar surface area (TPSA) is 0 Å². The highest BCUT2D eigenvalue weighted by molar-refractivity contribution is 4.85. The minimum absolute atomic E-state index is 0.792. The number of allylic oxidation sites excluding steroid dienone is 2. The van der Waals surface area contributed by atoms with E-state index in [1.165, 1.54) is 89.9 Å². The smallest absolute Gasteiger partial charge is 0.0262 e. The molecule has 0 rings (SSSR count). The molecule has 1 atom stereocenters. The minimum atomic E-state index is 0.792. The van der Waals surface area contributed by atoms with E-state index in [0.717, 1.165) is 5.92 Å². The highest BCUT2D eigenvalue weighted by atomic mass is 14.0. The predicted molar refractivity (Wildman–Crippen MR) is 94.3 cm³/mol. The minimum Gasteiger partial charge on any atom is -0.0883 e. The highest BCUT2D eigenvalue weighted by Crippen LogP contribution is 2.14. The van der Waals surface area contributed by atoms with E-state index in [4.69, 9.17) is 0 Å². The van der Waals surface area contributed by atoms with E-state index in [1.54, 1.807) is 0 Å². The lowest BCUT2D eigenvalue weighted by atomic mass is 10.0. The van der Waals surface area contributed by atoms with E-state index in [1.807, 2.05) is 0 Å². The first-order chi connectivity index (χ1) is 9.81. The van der Waals surface area contributed by atoms with Gasteiger partial charge in [0, 0.05) is 0 Å². The lowest BCUT2D eigenvalue weighted by molar-refractivity contribution is 0.523. The SMILES string of the molecule is CCC/C=C/C(C)CCCCCCCCCCCCC. The average Bonchev–Trinajstić information content (AvgIpc) is 2.45. The summed E-state index contributed by atoms with van der Waals surface area (Å²) in [6.07, 6.45) is 24.6. The molecule has 0 heterocycles. The zero-order valence-electron chi connectivity index (χ0n) is 14.6. The molecule has 0 radical (unpaired) electrons. The molecule has 0 bridgehead atoms. The van der Waals surface area contributed by atoms with Crippen molar-refractivity contribution in [1.29, 1.82) is 0 Å². The molecule has 0 saturated heterocycles. The van der Waals surface area contributed by atoms with Crippen molar-refractivity contribution in [1.82, 2.24) is 0 Å².